The minimum atomic E-state index is -1.15. The number of aryl methyl sites for hydroxylation is 1. The highest BCUT2D eigenvalue weighted by Gasteiger charge is 2.15. The van der Waals surface area contributed by atoms with Gasteiger partial charge in [0.25, 0.3) is 5.91 Å². The van der Waals surface area contributed by atoms with Gasteiger partial charge in [-0.3, -0.25) is 4.79 Å². The standard InChI is InChI=1S/C12H9BrN2O4/c1-6-2-8(13)4-14-10(6)15-11(16)9-3-7(5-19-9)12(17)18/h2-5H,1H3,(H,17,18)(H,14,15,16). The van der Waals surface area contributed by atoms with Crippen LogP contribution in [-0.4, -0.2) is 22.0 Å². The molecule has 19 heavy (non-hydrogen) atoms. The molecule has 2 aromatic rings. The fourth-order valence-corrected chi connectivity index (χ4v) is 1.85. The van der Waals surface area contributed by atoms with E-state index in [1.807, 2.05) is 0 Å². The number of aromatic nitrogens is 1. The zero-order chi connectivity index (χ0) is 14.0. The van der Waals surface area contributed by atoms with E-state index < -0.39 is 11.9 Å². The summed E-state index contributed by atoms with van der Waals surface area (Å²) >= 11 is 3.27. The summed E-state index contributed by atoms with van der Waals surface area (Å²) in [7, 11) is 0. The van der Waals surface area contributed by atoms with E-state index in [4.69, 9.17) is 9.52 Å². The van der Waals surface area contributed by atoms with Crippen molar-refractivity contribution < 1.29 is 19.1 Å². The van der Waals surface area contributed by atoms with Crippen LogP contribution >= 0.6 is 15.9 Å². The minimum absolute atomic E-state index is 0.0781. The molecule has 7 heteroatoms. The summed E-state index contributed by atoms with van der Waals surface area (Å²) in [6.45, 7) is 1.79. The van der Waals surface area contributed by atoms with E-state index in [9.17, 15) is 9.59 Å². The molecule has 0 unspecified atom stereocenters. The second-order valence-electron chi connectivity index (χ2n) is 3.78. The van der Waals surface area contributed by atoms with Crippen molar-refractivity contribution >= 4 is 33.6 Å². The van der Waals surface area contributed by atoms with E-state index in [2.05, 4.69) is 26.2 Å². The number of rotatable bonds is 3. The van der Waals surface area contributed by atoms with Gasteiger partial charge >= 0.3 is 5.97 Å². The van der Waals surface area contributed by atoms with Crippen LogP contribution in [0.5, 0.6) is 0 Å². The van der Waals surface area contributed by atoms with Crippen molar-refractivity contribution in [2.24, 2.45) is 0 Å². The zero-order valence-corrected chi connectivity index (χ0v) is 11.4. The number of hydrogen-bond donors (Lipinski definition) is 2. The van der Waals surface area contributed by atoms with Crippen LogP contribution in [0.1, 0.15) is 26.5 Å². The maximum Gasteiger partial charge on any atom is 0.338 e. The van der Waals surface area contributed by atoms with E-state index in [0.29, 0.717) is 5.82 Å². The van der Waals surface area contributed by atoms with Crippen LogP contribution in [0.2, 0.25) is 0 Å². The number of aromatic carboxylic acids is 1. The van der Waals surface area contributed by atoms with Gasteiger partial charge < -0.3 is 14.8 Å². The highest BCUT2D eigenvalue weighted by molar-refractivity contribution is 9.10. The molecule has 0 bridgehead atoms. The van der Waals surface area contributed by atoms with Crippen LogP contribution in [0.4, 0.5) is 5.82 Å². The number of carboxylic acids is 1. The highest BCUT2D eigenvalue weighted by atomic mass is 79.9. The lowest BCUT2D eigenvalue weighted by Crippen LogP contribution is -2.13. The zero-order valence-electron chi connectivity index (χ0n) is 9.81. The Hall–Kier alpha value is -2.15. The van der Waals surface area contributed by atoms with E-state index in [1.54, 1.807) is 19.2 Å². The Balaban J connectivity index is 2.18. The summed E-state index contributed by atoms with van der Waals surface area (Å²) in [6.07, 6.45) is 2.56. The molecule has 0 aliphatic heterocycles. The molecule has 2 heterocycles. The number of carbonyl (C=O) groups excluding carboxylic acids is 1. The Morgan fingerprint density at radius 2 is 2.16 bits per heavy atom. The molecule has 2 aromatic heterocycles. The lowest BCUT2D eigenvalue weighted by atomic mass is 10.2. The normalized spacial score (nSPS) is 10.2. The predicted octanol–water partition coefficient (Wildman–Crippen LogP) is 2.70. The van der Waals surface area contributed by atoms with Crippen molar-refractivity contribution in [2.45, 2.75) is 6.92 Å². The van der Waals surface area contributed by atoms with Gasteiger partial charge in [0.05, 0.1) is 5.56 Å². The molecule has 0 radical (unpaired) electrons. The summed E-state index contributed by atoms with van der Waals surface area (Å²) in [4.78, 5) is 26.6. The monoisotopic (exact) mass is 324 g/mol. The Kier molecular flexibility index (Phi) is 3.66. The minimum Gasteiger partial charge on any atom is -0.478 e. The molecule has 2 N–H and O–H groups in total. The Morgan fingerprint density at radius 3 is 2.74 bits per heavy atom. The molecule has 0 fully saturated rings. The maximum absolute atomic E-state index is 11.8. The van der Waals surface area contributed by atoms with E-state index in [-0.39, 0.29) is 11.3 Å². The summed E-state index contributed by atoms with van der Waals surface area (Å²) in [5.74, 6) is -1.39. The Bertz CT molecular complexity index is 651. The number of pyridine rings is 1. The fraction of sp³-hybridized carbons (Fsp3) is 0.0833. The van der Waals surface area contributed by atoms with Gasteiger partial charge in [0, 0.05) is 16.7 Å². The third-order valence-corrected chi connectivity index (χ3v) is 2.78. The third-order valence-electron chi connectivity index (χ3n) is 2.35. The average molecular weight is 325 g/mol. The van der Waals surface area contributed by atoms with Crippen LogP contribution < -0.4 is 5.32 Å². The van der Waals surface area contributed by atoms with Crippen molar-refractivity contribution in [1.82, 2.24) is 4.98 Å². The van der Waals surface area contributed by atoms with Crippen LogP contribution in [0.15, 0.2) is 33.5 Å². The van der Waals surface area contributed by atoms with Crippen LogP contribution in [0.3, 0.4) is 0 Å². The van der Waals surface area contributed by atoms with Gasteiger partial charge in [-0.15, -0.1) is 0 Å². The summed E-state index contributed by atoms with van der Waals surface area (Å²) in [5, 5.41) is 11.3. The van der Waals surface area contributed by atoms with E-state index >= 15 is 0 Å². The highest BCUT2D eigenvalue weighted by Crippen LogP contribution is 2.18. The van der Waals surface area contributed by atoms with Gasteiger partial charge in [0.2, 0.25) is 0 Å². The second kappa shape index (κ2) is 5.23. The number of carboxylic acid groups (broad SMARTS) is 1. The largest absolute Gasteiger partial charge is 0.478 e. The second-order valence-corrected chi connectivity index (χ2v) is 4.69. The van der Waals surface area contributed by atoms with Crippen LogP contribution in [0, 0.1) is 6.92 Å². The molecule has 0 saturated carbocycles. The number of carbonyl (C=O) groups is 2. The summed E-state index contributed by atoms with van der Waals surface area (Å²) in [6, 6.07) is 2.96. The van der Waals surface area contributed by atoms with E-state index in [1.165, 1.54) is 0 Å². The number of furan rings is 1. The summed E-state index contributed by atoms with van der Waals surface area (Å²) in [5.41, 5.74) is 0.693. The Labute approximate surface area is 116 Å². The van der Waals surface area contributed by atoms with E-state index in [0.717, 1.165) is 22.4 Å². The first-order valence-corrected chi connectivity index (χ1v) is 6.02. The molecule has 98 valence electrons. The number of nitrogens with zero attached hydrogens (tertiary/aromatic N) is 1. The average Bonchev–Trinajstić information content (AvgIpc) is 2.82. The van der Waals surface area contributed by atoms with Crippen molar-refractivity contribution in [3.8, 4) is 0 Å². The fourth-order valence-electron chi connectivity index (χ4n) is 1.41. The SMILES string of the molecule is Cc1cc(Br)cnc1NC(=O)c1cc(C(=O)O)co1. The van der Waals surface area contributed by atoms with Crippen molar-refractivity contribution in [3.05, 3.63) is 46.0 Å². The first-order valence-electron chi connectivity index (χ1n) is 5.22. The van der Waals surface area contributed by atoms with Gasteiger partial charge in [-0.2, -0.15) is 0 Å². The molecule has 0 spiro atoms. The number of amides is 1. The number of hydrogen-bond acceptors (Lipinski definition) is 4. The lowest BCUT2D eigenvalue weighted by molar-refractivity contribution is 0.0696. The van der Waals surface area contributed by atoms with Gasteiger partial charge in [-0.25, -0.2) is 9.78 Å². The quantitative estimate of drug-likeness (QED) is 0.905. The van der Waals surface area contributed by atoms with Crippen molar-refractivity contribution in [1.29, 1.82) is 0 Å². The van der Waals surface area contributed by atoms with Gasteiger partial charge in [-0.05, 0) is 34.5 Å². The molecular formula is C12H9BrN2O4. The molecule has 0 aliphatic carbocycles. The first kappa shape index (κ1) is 13.3. The number of halogens is 1. The summed E-state index contributed by atoms with van der Waals surface area (Å²) < 4.78 is 5.69. The van der Waals surface area contributed by atoms with Crippen LogP contribution in [-0.2, 0) is 0 Å². The van der Waals surface area contributed by atoms with Gasteiger partial charge in [-0.1, -0.05) is 0 Å². The van der Waals surface area contributed by atoms with Crippen LogP contribution in [0.25, 0.3) is 0 Å². The third kappa shape index (κ3) is 3.00. The topological polar surface area (TPSA) is 92.4 Å². The van der Waals surface area contributed by atoms with Crippen molar-refractivity contribution in [3.63, 3.8) is 0 Å². The number of anilines is 1. The Morgan fingerprint density at radius 1 is 1.42 bits per heavy atom. The maximum atomic E-state index is 11.8. The molecule has 0 saturated heterocycles. The molecule has 0 atom stereocenters. The molecule has 2 rings (SSSR count). The smallest absolute Gasteiger partial charge is 0.338 e. The lowest BCUT2D eigenvalue weighted by Gasteiger charge is -2.05. The molecule has 6 nitrogen and oxygen atoms in total. The molecule has 1 amide bonds. The predicted molar refractivity (Wildman–Crippen MR) is 70.3 cm³/mol. The first-order chi connectivity index (χ1) is 8.97. The molecule has 0 aliphatic rings. The number of nitrogens with one attached hydrogen (secondary N) is 1. The molecule has 0 aromatic carbocycles. The van der Waals surface area contributed by atoms with Crippen molar-refractivity contribution in [2.75, 3.05) is 5.32 Å². The van der Waals surface area contributed by atoms with Gasteiger partial charge in [0.15, 0.2) is 5.76 Å². The van der Waals surface area contributed by atoms with Gasteiger partial charge in [0.1, 0.15) is 12.1 Å². The molecular weight excluding hydrogens is 316 g/mol.